The fraction of sp³-hybridized carbons (Fsp3) is 0.125. The molecule has 0 aliphatic heterocycles. The van der Waals surface area contributed by atoms with Gasteiger partial charge >= 0.3 is 5.97 Å². The third-order valence-electron chi connectivity index (χ3n) is 2.96. The van der Waals surface area contributed by atoms with Crippen molar-refractivity contribution in [2.45, 2.75) is 0 Å². The summed E-state index contributed by atoms with van der Waals surface area (Å²) in [6.45, 7) is 0. The maximum absolute atomic E-state index is 11.2. The predicted molar refractivity (Wildman–Crippen MR) is 86.4 cm³/mol. The van der Waals surface area contributed by atoms with Crippen LogP contribution in [0.4, 0.5) is 11.4 Å². The lowest BCUT2D eigenvalue weighted by molar-refractivity contribution is 0.0697. The van der Waals surface area contributed by atoms with Crippen LogP contribution in [0.3, 0.4) is 0 Å². The van der Waals surface area contributed by atoms with Gasteiger partial charge in [0.05, 0.1) is 11.3 Å². The summed E-state index contributed by atoms with van der Waals surface area (Å²) >= 11 is 5.81. The minimum absolute atomic E-state index is 0.135. The molecule has 21 heavy (non-hydrogen) atoms. The van der Waals surface area contributed by atoms with Gasteiger partial charge < -0.3 is 10.0 Å². The van der Waals surface area contributed by atoms with Crippen LogP contribution in [0, 0.1) is 0 Å². The molecule has 0 fully saturated rings. The van der Waals surface area contributed by atoms with Gasteiger partial charge in [-0.15, -0.1) is 0 Å². The van der Waals surface area contributed by atoms with E-state index in [0.717, 1.165) is 11.4 Å². The first-order valence-electron chi connectivity index (χ1n) is 6.31. The molecule has 0 atom stereocenters. The lowest BCUT2D eigenvalue weighted by Gasteiger charge is -2.11. The van der Waals surface area contributed by atoms with Gasteiger partial charge in [-0.2, -0.15) is 0 Å². The number of benzene rings is 2. The lowest BCUT2D eigenvalue weighted by atomic mass is 10.1. The molecular formula is C16H15ClN2O2. The largest absolute Gasteiger partial charge is 0.478 e. The van der Waals surface area contributed by atoms with E-state index in [-0.39, 0.29) is 5.56 Å². The topological polar surface area (TPSA) is 52.9 Å². The molecule has 0 bridgehead atoms. The Morgan fingerprint density at radius 2 is 1.86 bits per heavy atom. The molecule has 108 valence electrons. The van der Waals surface area contributed by atoms with E-state index in [4.69, 9.17) is 16.7 Å². The standard InChI is InChI=1S/C16H15ClN2O2/c1-19(2)14-7-5-13(6-8-14)18-10-11-3-4-12(17)9-15(11)16(20)21/h3-10H,1-2H3,(H,20,21). The Labute approximate surface area is 128 Å². The van der Waals surface area contributed by atoms with Crippen molar-refractivity contribution >= 4 is 35.2 Å². The van der Waals surface area contributed by atoms with Crippen molar-refractivity contribution in [2.24, 2.45) is 4.99 Å². The molecule has 4 nitrogen and oxygen atoms in total. The number of carboxylic acid groups (broad SMARTS) is 1. The number of aromatic carboxylic acids is 1. The zero-order chi connectivity index (χ0) is 15.4. The third kappa shape index (κ3) is 3.83. The number of aliphatic imine (C=N–C) groups is 1. The SMILES string of the molecule is CN(C)c1ccc(N=Cc2ccc(Cl)cc2C(=O)O)cc1. The van der Waals surface area contributed by atoms with E-state index in [2.05, 4.69) is 4.99 Å². The van der Waals surface area contributed by atoms with Crippen molar-refractivity contribution in [3.8, 4) is 0 Å². The molecule has 2 aromatic rings. The smallest absolute Gasteiger partial charge is 0.336 e. The highest BCUT2D eigenvalue weighted by Gasteiger charge is 2.08. The molecule has 0 aromatic heterocycles. The highest BCUT2D eigenvalue weighted by Crippen LogP contribution is 2.19. The second kappa shape index (κ2) is 6.41. The van der Waals surface area contributed by atoms with Gasteiger partial charge in [0.2, 0.25) is 0 Å². The van der Waals surface area contributed by atoms with E-state index in [0.29, 0.717) is 10.6 Å². The molecule has 0 saturated heterocycles. The third-order valence-corrected chi connectivity index (χ3v) is 3.20. The predicted octanol–water partition coefficient (Wildman–Crippen LogP) is 3.85. The van der Waals surface area contributed by atoms with E-state index in [1.54, 1.807) is 12.1 Å². The first-order valence-corrected chi connectivity index (χ1v) is 6.69. The summed E-state index contributed by atoms with van der Waals surface area (Å²) in [5, 5.41) is 9.55. The van der Waals surface area contributed by atoms with Gasteiger partial charge in [0.25, 0.3) is 0 Å². The van der Waals surface area contributed by atoms with Crippen molar-refractivity contribution in [2.75, 3.05) is 19.0 Å². The van der Waals surface area contributed by atoms with E-state index < -0.39 is 5.97 Å². The van der Waals surface area contributed by atoms with Crippen LogP contribution in [0.5, 0.6) is 0 Å². The summed E-state index contributed by atoms with van der Waals surface area (Å²) in [6, 6.07) is 12.4. The number of carboxylic acids is 1. The van der Waals surface area contributed by atoms with Gasteiger partial charge in [0.15, 0.2) is 0 Å². The Kier molecular flexibility index (Phi) is 4.60. The Balaban J connectivity index is 2.27. The molecule has 0 amide bonds. The molecule has 0 unspecified atom stereocenters. The van der Waals surface area contributed by atoms with Crippen LogP contribution in [0.2, 0.25) is 5.02 Å². The van der Waals surface area contributed by atoms with Crippen molar-refractivity contribution < 1.29 is 9.90 Å². The molecule has 2 rings (SSSR count). The maximum Gasteiger partial charge on any atom is 0.336 e. The Morgan fingerprint density at radius 1 is 1.19 bits per heavy atom. The molecular weight excluding hydrogens is 288 g/mol. The molecule has 0 radical (unpaired) electrons. The number of hydrogen-bond donors (Lipinski definition) is 1. The Hall–Kier alpha value is -2.33. The van der Waals surface area contributed by atoms with Crippen molar-refractivity contribution in [1.82, 2.24) is 0 Å². The van der Waals surface area contributed by atoms with Crippen molar-refractivity contribution in [3.63, 3.8) is 0 Å². The lowest BCUT2D eigenvalue weighted by Crippen LogP contribution is -2.07. The Morgan fingerprint density at radius 3 is 2.43 bits per heavy atom. The normalized spacial score (nSPS) is 10.8. The minimum atomic E-state index is -1.03. The van der Waals surface area contributed by atoms with Crippen LogP contribution >= 0.6 is 11.6 Å². The summed E-state index contributed by atoms with van der Waals surface area (Å²) < 4.78 is 0. The second-order valence-corrected chi connectivity index (χ2v) is 5.14. The monoisotopic (exact) mass is 302 g/mol. The van der Waals surface area contributed by atoms with Crippen LogP contribution in [-0.4, -0.2) is 31.4 Å². The molecule has 0 saturated carbocycles. The van der Waals surface area contributed by atoms with Gasteiger partial charge in [-0.25, -0.2) is 4.79 Å². The quantitative estimate of drug-likeness (QED) is 0.873. The number of nitrogens with zero attached hydrogens (tertiary/aromatic N) is 2. The first kappa shape index (κ1) is 15.1. The van der Waals surface area contributed by atoms with E-state index in [1.807, 2.05) is 43.3 Å². The van der Waals surface area contributed by atoms with Gasteiger partial charge in [-0.05, 0) is 36.4 Å². The highest BCUT2D eigenvalue weighted by atomic mass is 35.5. The summed E-state index contributed by atoms with van der Waals surface area (Å²) in [5.41, 5.74) is 2.48. The molecule has 0 heterocycles. The van der Waals surface area contributed by atoms with Gasteiger partial charge in [-0.1, -0.05) is 17.7 Å². The number of hydrogen-bond acceptors (Lipinski definition) is 3. The number of carbonyl (C=O) groups is 1. The van der Waals surface area contributed by atoms with Crippen molar-refractivity contribution in [3.05, 3.63) is 58.6 Å². The number of halogens is 1. The highest BCUT2D eigenvalue weighted by molar-refractivity contribution is 6.31. The van der Waals surface area contributed by atoms with Crippen molar-refractivity contribution in [1.29, 1.82) is 0 Å². The van der Waals surface area contributed by atoms with E-state index in [1.165, 1.54) is 12.3 Å². The van der Waals surface area contributed by atoms with Crippen LogP contribution in [-0.2, 0) is 0 Å². The summed E-state index contributed by atoms with van der Waals surface area (Å²) in [6.07, 6.45) is 1.53. The van der Waals surface area contributed by atoms with Gasteiger partial charge in [-0.3, -0.25) is 4.99 Å². The minimum Gasteiger partial charge on any atom is -0.478 e. The second-order valence-electron chi connectivity index (χ2n) is 4.71. The molecule has 2 aromatic carbocycles. The van der Waals surface area contributed by atoms with E-state index >= 15 is 0 Å². The first-order chi connectivity index (χ1) is 9.97. The molecule has 1 N–H and O–H groups in total. The maximum atomic E-state index is 11.2. The summed E-state index contributed by atoms with van der Waals surface area (Å²) in [7, 11) is 3.93. The van der Waals surface area contributed by atoms with Crippen LogP contribution in [0.15, 0.2) is 47.5 Å². The van der Waals surface area contributed by atoms with Crippen LogP contribution < -0.4 is 4.90 Å². The molecule has 5 heteroatoms. The zero-order valence-electron chi connectivity index (χ0n) is 11.7. The fourth-order valence-corrected chi connectivity index (χ4v) is 1.98. The average Bonchev–Trinajstić information content (AvgIpc) is 2.46. The number of rotatable bonds is 4. The Bertz CT molecular complexity index is 679. The van der Waals surface area contributed by atoms with E-state index in [9.17, 15) is 4.79 Å². The molecule has 0 aliphatic carbocycles. The molecule has 0 spiro atoms. The fourth-order valence-electron chi connectivity index (χ4n) is 1.81. The average molecular weight is 303 g/mol. The summed E-state index contributed by atoms with van der Waals surface area (Å²) in [4.78, 5) is 17.5. The molecule has 0 aliphatic rings. The van der Waals surface area contributed by atoms with Gasteiger partial charge in [0, 0.05) is 36.6 Å². The van der Waals surface area contributed by atoms with Crippen LogP contribution in [0.1, 0.15) is 15.9 Å². The zero-order valence-corrected chi connectivity index (χ0v) is 12.5. The number of anilines is 1. The summed E-state index contributed by atoms with van der Waals surface area (Å²) in [5.74, 6) is -1.03. The van der Waals surface area contributed by atoms with Crippen LogP contribution in [0.25, 0.3) is 0 Å². The van der Waals surface area contributed by atoms with Gasteiger partial charge in [0.1, 0.15) is 0 Å².